The maximum atomic E-state index is 11.6. The Labute approximate surface area is 102 Å². The number of nitrogens with one attached hydrogen (secondary N) is 1. The number of hydrogen-bond acceptors (Lipinski definition) is 3. The summed E-state index contributed by atoms with van der Waals surface area (Å²) in [6.45, 7) is 3.34. The summed E-state index contributed by atoms with van der Waals surface area (Å²) >= 11 is 0. The molecule has 0 saturated heterocycles. The Morgan fingerprint density at radius 2 is 1.71 bits per heavy atom. The van der Waals surface area contributed by atoms with E-state index in [9.17, 15) is 9.59 Å². The predicted molar refractivity (Wildman–Crippen MR) is 68.2 cm³/mol. The van der Waals surface area contributed by atoms with Gasteiger partial charge in [0, 0.05) is 25.3 Å². The summed E-state index contributed by atoms with van der Waals surface area (Å²) in [5, 5.41) is 3.09. The highest BCUT2D eigenvalue weighted by Crippen LogP contribution is 2.11. The van der Waals surface area contributed by atoms with E-state index in [4.69, 9.17) is 0 Å². The van der Waals surface area contributed by atoms with Crippen molar-refractivity contribution in [2.75, 3.05) is 19.4 Å². The molecule has 0 bridgehead atoms. The number of Topliss-reactive ketones (excluding diaryl/α,β-unsaturated/α-hetero) is 1. The van der Waals surface area contributed by atoms with E-state index < -0.39 is 0 Å². The maximum Gasteiger partial charge on any atom is 0.244 e. The summed E-state index contributed by atoms with van der Waals surface area (Å²) in [5.41, 5.74) is 1.50. The molecule has 0 radical (unpaired) electrons. The van der Waals surface area contributed by atoms with Crippen LogP contribution >= 0.6 is 0 Å². The molecule has 1 aromatic rings. The SMILES string of the molecule is CC(=O)c1ccc(NC(C)C(=O)N(C)C)cc1. The molecule has 0 spiro atoms. The van der Waals surface area contributed by atoms with E-state index in [-0.39, 0.29) is 17.7 Å². The topological polar surface area (TPSA) is 49.4 Å². The average Bonchev–Trinajstić information content (AvgIpc) is 2.28. The van der Waals surface area contributed by atoms with Gasteiger partial charge in [-0.3, -0.25) is 9.59 Å². The molecule has 92 valence electrons. The molecular weight excluding hydrogens is 216 g/mol. The lowest BCUT2D eigenvalue weighted by Gasteiger charge is -2.19. The van der Waals surface area contributed by atoms with E-state index in [1.54, 1.807) is 50.2 Å². The van der Waals surface area contributed by atoms with E-state index in [0.29, 0.717) is 5.56 Å². The normalized spacial score (nSPS) is 11.8. The first kappa shape index (κ1) is 13.2. The second kappa shape index (κ2) is 5.48. The molecule has 1 rings (SSSR count). The Hall–Kier alpha value is -1.84. The zero-order valence-corrected chi connectivity index (χ0v) is 10.7. The van der Waals surface area contributed by atoms with E-state index in [2.05, 4.69) is 5.32 Å². The Kier molecular flexibility index (Phi) is 4.26. The van der Waals surface area contributed by atoms with Gasteiger partial charge in [0.15, 0.2) is 5.78 Å². The van der Waals surface area contributed by atoms with Gasteiger partial charge < -0.3 is 10.2 Å². The number of anilines is 1. The van der Waals surface area contributed by atoms with Crippen molar-refractivity contribution < 1.29 is 9.59 Å². The van der Waals surface area contributed by atoms with Gasteiger partial charge in [0.05, 0.1) is 0 Å². The van der Waals surface area contributed by atoms with Crippen molar-refractivity contribution in [3.63, 3.8) is 0 Å². The molecule has 0 aliphatic heterocycles. The van der Waals surface area contributed by atoms with Gasteiger partial charge in [0.25, 0.3) is 0 Å². The minimum atomic E-state index is -0.284. The Balaban J connectivity index is 2.69. The average molecular weight is 234 g/mol. The molecule has 0 saturated carbocycles. The van der Waals surface area contributed by atoms with E-state index in [1.165, 1.54) is 6.92 Å². The second-order valence-electron chi connectivity index (χ2n) is 4.23. The monoisotopic (exact) mass is 234 g/mol. The molecule has 0 heterocycles. The number of ketones is 1. The standard InChI is InChI=1S/C13H18N2O2/c1-9(13(17)15(3)4)14-12-7-5-11(6-8-12)10(2)16/h5-9,14H,1-4H3. The maximum absolute atomic E-state index is 11.6. The first-order valence-electron chi connectivity index (χ1n) is 5.50. The van der Waals surface area contributed by atoms with Gasteiger partial charge in [0.1, 0.15) is 6.04 Å². The van der Waals surface area contributed by atoms with Gasteiger partial charge in [-0.05, 0) is 38.1 Å². The fourth-order valence-electron chi connectivity index (χ4n) is 1.50. The number of carbonyl (C=O) groups excluding carboxylic acids is 2. The van der Waals surface area contributed by atoms with Crippen molar-refractivity contribution in [1.29, 1.82) is 0 Å². The lowest BCUT2D eigenvalue weighted by Crippen LogP contribution is -2.36. The van der Waals surface area contributed by atoms with Crippen molar-refractivity contribution in [2.45, 2.75) is 19.9 Å². The van der Waals surface area contributed by atoms with Crippen molar-refractivity contribution >= 4 is 17.4 Å². The van der Waals surface area contributed by atoms with Gasteiger partial charge in [-0.15, -0.1) is 0 Å². The summed E-state index contributed by atoms with van der Waals surface area (Å²) in [6.07, 6.45) is 0. The van der Waals surface area contributed by atoms with E-state index in [0.717, 1.165) is 5.69 Å². The summed E-state index contributed by atoms with van der Waals surface area (Å²) in [7, 11) is 3.44. The van der Waals surface area contributed by atoms with Crippen LogP contribution in [0.2, 0.25) is 0 Å². The van der Waals surface area contributed by atoms with Crippen LogP contribution in [0.1, 0.15) is 24.2 Å². The highest BCUT2D eigenvalue weighted by atomic mass is 16.2. The fraction of sp³-hybridized carbons (Fsp3) is 0.385. The van der Waals surface area contributed by atoms with Crippen LogP contribution in [0.25, 0.3) is 0 Å². The van der Waals surface area contributed by atoms with Crippen LogP contribution in [0.5, 0.6) is 0 Å². The molecule has 1 aromatic carbocycles. The predicted octanol–water partition coefficient (Wildman–Crippen LogP) is 1.78. The highest BCUT2D eigenvalue weighted by Gasteiger charge is 2.14. The number of benzene rings is 1. The zero-order valence-electron chi connectivity index (χ0n) is 10.7. The second-order valence-corrected chi connectivity index (χ2v) is 4.23. The van der Waals surface area contributed by atoms with Crippen LogP contribution in [-0.4, -0.2) is 36.7 Å². The molecule has 0 aliphatic rings. The van der Waals surface area contributed by atoms with Gasteiger partial charge in [0.2, 0.25) is 5.91 Å². The number of amides is 1. The lowest BCUT2D eigenvalue weighted by molar-refractivity contribution is -0.129. The molecule has 17 heavy (non-hydrogen) atoms. The molecule has 1 atom stereocenters. The number of likely N-dealkylation sites (N-methyl/N-ethyl adjacent to an activating group) is 1. The lowest BCUT2D eigenvalue weighted by atomic mass is 10.1. The third-order valence-electron chi connectivity index (χ3n) is 2.49. The van der Waals surface area contributed by atoms with Crippen molar-refractivity contribution in [3.05, 3.63) is 29.8 Å². The van der Waals surface area contributed by atoms with Gasteiger partial charge in [-0.2, -0.15) is 0 Å². The van der Waals surface area contributed by atoms with E-state index >= 15 is 0 Å². The summed E-state index contributed by atoms with van der Waals surface area (Å²) in [5.74, 6) is 0.0506. The number of carbonyl (C=O) groups is 2. The van der Waals surface area contributed by atoms with Crippen LogP contribution in [0.3, 0.4) is 0 Å². The summed E-state index contributed by atoms with van der Waals surface area (Å²) in [4.78, 5) is 24.3. The zero-order chi connectivity index (χ0) is 13.0. The first-order chi connectivity index (χ1) is 7.91. The molecule has 0 aromatic heterocycles. The van der Waals surface area contributed by atoms with Crippen LogP contribution in [0.15, 0.2) is 24.3 Å². The molecule has 1 N–H and O–H groups in total. The first-order valence-corrected chi connectivity index (χ1v) is 5.50. The smallest absolute Gasteiger partial charge is 0.244 e. The van der Waals surface area contributed by atoms with Crippen molar-refractivity contribution in [2.24, 2.45) is 0 Å². The number of nitrogens with zero attached hydrogens (tertiary/aromatic N) is 1. The Morgan fingerprint density at radius 1 is 1.18 bits per heavy atom. The van der Waals surface area contributed by atoms with E-state index in [1.807, 2.05) is 0 Å². The quantitative estimate of drug-likeness (QED) is 0.808. The van der Waals surface area contributed by atoms with Crippen LogP contribution in [0.4, 0.5) is 5.69 Å². The van der Waals surface area contributed by atoms with Gasteiger partial charge in [-0.25, -0.2) is 0 Å². The number of rotatable bonds is 4. The van der Waals surface area contributed by atoms with Gasteiger partial charge in [-0.1, -0.05) is 0 Å². The molecule has 1 amide bonds. The number of hydrogen-bond donors (Lipinski definition) is 1. The summed E-state index contributed by atoms with van der Waals surface area (Å²) in [6, 6.07) is 6.81. The third kappa shape index (κ3) is 3.59. The van der Waals surface area contributed by atoms with Crippen LogP contribution < -0.4 is 5.32 Å². The van der Waals surface area contributed by atoms with Crippen LogP contribution in [-0.2, 0) is 4.79 Å². The molecular formula is C13H18N2O2. The minimum absolute atomic E-state index is 0.0145. The van der Waals surface area contributed by atoms with Gasteiger partial charge >= 0.3 is 0 Å². The van der Waals surface area contributed by atoms with Crippen molar-refractivity contribution in [3.8, 4) is 0 Å². The molecule has 1 unspecified atom stereocenters. The van der Waals surface area contributed by atoms with Crippen LogP contribution in [0, 0.1) is 0 Å². The molecule has 0 aliphatic carbocycles. The largest absolute Gasteiger partial charge is 0.374 e. The Bertz CT molecular complexity index is 410. The molecule has 4 nitrogen and oxygen atoms in total. The highest BCUT2D eigenvalue weighted by molar-refractivity contribution is 5.94. The Morgan fingerprint density at radius 3 is 2.12 bits per heavy atom. The molecule has 4 heteroatoms. The molecule has 0 fully saturated rings. The minimum Gasteiger partial charge on any atom is -0.374 e. The summed E-state index contributed by atoms with van der Waals surface area (Å²) < 4.78 is 0. The van der Waals surface area contributed by atoms with Crippen molar-refractivity contribution in [1.82, 2.24) is 4.90 Å². The third-order valence-corrected chi connectivity index (χ3v) is 2.49. The fourth-order valence-corrected chi connectivity index (χ4v) is 1.50.